The first kappa shape index (κ1) is 17.0. The van der Waals surface area contributed by atoms with Crippen molar-refractivity contribution in [3.05, 3.63) is 77.5 Å². The fourth-order valence-electron chi connectivity index (χ4n) is 2.79. The van der Waals surface area contributed by atoms with Crippen LogP contribution in [0.15, 0.2) is 55.2 Å². The largest absolute Gasteiger partial charge is 0.335 e. The second-order valence-corrected chi connectivity index (χ2v) is 6.87. The molecule has 0 unspecified atom stereocenters. The minimum atomic E-state index is -0.184. The fourth-order valence-corrected chi connectivity index (χ4v) is 2.79. The van der Waals surface area contributed by atoms with E-state index in [4.69, 9.17) is 0 Å². The van der Waals surface area contributed by atoms with Crippen LogP contribution in [0, 0.1) is 24.7 Å². The first-order valence-corrected chi connectivity index (χ1v) is 9.03. The molecule has 1 fully saturated rings. The Balaban J connectivity index is 1.49. The number of benzene rings is 1. The molecule has 3 aromatic rings. The van der Waals surface area contributed by atoms with E-state index in [-0.39, 0.29) is 5.91 Å². The van der Waals surface area contributed by atoms with Gasteiger partial charge < -0.3 is 9.88 Å². The van der Waals surface area contributed by atoms with Gasteiger partial charge in [0.05, 0.1) is 6.33 Å². The summed E-state index contributed by atoms with van der Waals surface area (Å²) in [6.45, 7) is 2.95. The second-order valence-electron chi connectivity index (χ2n) is 6.87. The molecule has 5 heteroatoms. The van der Waals surface area contributed by atoms with Gasteiger partial charge in [0.1, 0.15) is 0 Å². The minimum Gasteiger partial charge on any atom is -0.335 e. The van der Waals surface area contributed by atoms with E-state index in [0.29, 0.717) is 11.4 Å². The van der Waals surface area contributed by atoms with Crippen molar-refractivity contribution in [1.82, 2.24) is 14.5 Å². The molecule has 1 aliphatic carbocycles. The van der Waals surface area contributed by atoms with Crippen molar-refractivity contribution in [1.29, 1.82) is 0 Å². The van der Waals surface area contributed by atoms with E-state index in [9.17, 15) is 4.79 Å². The third-order valence-electron chi connectivity index (χ3n) is 4.54. The van der Waals surface area contributed by atoms with Gasteiger partial charge in [-0.2, -0.15) is 0 Å². The highest BCUT2D eigenvalue weighted by Crippen LogP contribution is 2.30. The van der Waals surface area contributed by atoms with Crippen LogP contribution in [-0.2, 0) is 6.54 Å². The lowest BCUT2D eigenvalue weighted by molar-refractivity contribution is 0.102. The lowest BCUT2D eigenvalue weighted by atomic mass is 10.0. The lowest BCUT2D eigenvalue weighted by Gasteiger charge is -2.05. The summed E-state index contributed by atoms with van der Waals surface area (Å²) in [4.78, 5) is 20.9. The van der Waals surface area contributed by atoms with Crippen LogP contribution < -0.4 is 5.32 Å². The van der Waals surface area contributed by atoms with Crippen molar-refractivity contribution in [3.63, 3.8) is 0 Å². The SMILES string of the molecule is Cc1ccc(C(=O)Nc2cn(CC3CC3)cn2)cc1C#Cc1cccnc1. The first-order valence-electron chi connectivity index (χ1n) is 9.03. The highest BCUT2D eigenvalue weighted by molar-refractivity contribution is 6.04. The molecule has 1 aromatic carbocycles. The minimum absolute atomic E-state index is 0.184. The summed E-state index contributed by atoms with van der Waals surface area (Å²) in [6, 6.07) is 9.29. The van der Waals surface area contributed by atoms with Crippen LogP contribution in [0.3, 0.4) is 0 Å². The average molecular weight is 356 g/mol. The Labute approximate surface area is 158 Å². The number of carbonyl (C=O) groups is 1. The van der Waals surface area contributed by atoms with Crippen LogP contribution in [0.5, 0.6) is 0 Å². The number of amides is 1. The summed E-state index contributed by atoms with van der Waals surface area (Å²) in [5.74, 6) is 7.37. The van der Waals surface area contributed by atoms with Gasteiger partial charge in [-0.1, -0.05) is 17.9 Å². The Morgan fingerprint density at radius 1 is 1.30 bits per heavy atom. The monoisotopic (exact) mass is 356 g/mol. The van der Waals surface area contributed by atoms with Crippen molar-refractivity contribution >= 4 is 11.7 Å². The van der Waals surface area contributed by atoms with E-state index in [0.717, 1.165) is 29.2 Å². The number of nitrogens with one attached hydrogen (secondary N) is 1. The summed E-state index contributed by atoms with van der Waals surface area (Å²) >= 11 is 0. The van der Waals surface area contributed by atoms with E-state index >= 15 is 0 Å². The molecule has 2 heterocycles. The van der Waals surface area contributed by atoms with Crippen LogP contribution in [0.2, 0.25) is 0 Å². The molecule has 1 amide bonds. The average Bonchev–Trinajstić information content (AvgIpc) is 3.39. The summed E-state index contributed by atoms with van der Waals surface area (Å²) in [6.07, 6.45) is 9.66. The summed E-state index contributed by atoms with van der Waals surface area (Å²) < 4.78 is 2.03. The number of imidazole rings is 1. The normalized spacial score (nSPS) is 12.9. The predicted molar refractivity (Wildman–Crippen MR) is 104 cm³/mol. The van der Waals surface area contributed by atoms with Gasteiger partial charge in [-0.05, 0) is 55.5 Å². The van der Waals surface area contributed by atoms with Crippen molar-refractivity contribution in [3.8, 4) is 11.8 Å². The number of pyridine rings is 1. The number of aromatic nitrogens is 3. The molecule has 0 aliphatic heterocycles. The highest BCUT2D eigenvalue weighted by atomic mass is 16.1. The number of rotatable bonds is 4. The van der Waals surface area contributed by atoms with Gasteiger partial charge in [-0.3, -0.25) is 9.78 Å². The van der Waals surface area contributed by atoms with Gasteiger partial charge in [0.25, 0.3) is 5.91 Å². The Morgan fingerprint density at radius 2 is 2.19 bits per heavy atom. The molecule has 27 heavy (non-hydrogen) atoms. The highest BCUT2D eigenvalue weighted by Gasteiger charge is 2.21. The van der Waals surface area contributed by atoms with Gasteiger partial charge in [0.15, 0.2) is 5.82 Å². The van der Waals surface area contributed by atoms with Crippen LogP contribution in [-0.4, -0.2) is 20.4 Å². The summed E-state index contributed by atoms with van der Waals surface area (Å²) in [7, 11) is 0. The maximum atomic E-state index is 12.6. The molecular formula is C22H20N4O. The maximum Gasteiger partial charge on any atom is 0.256 e. The number of aryl methyl sites for hydroxylation is 1. The van der Waals surface area contributed by atoms with Gasteiger partial charge in [-0.25, -0.2) is 4.98 Å². The van der Waals surface area contributed by atoms with Crippen LogP contribution in [0.1, 0.15) is 39.9 Å². The molecule has 0 spiro atoms. The number of nitrogens with zero attached hydrogens (tertiary/aromatic N) is 3. The van der Waals surface area contributed by atoms with Crippen LogP contribution in [0.25, 0.3) is 0 Å². The number of anilines is 1. The zero-order chi connectivity index (χ0) is 18.6. The van der Waals surface area contributed by atoms with Crippen molar-refractivity contribution in [2.75, 3.05) is 5.32 Å². The fraction of sp³-hybridized carbons (Fsp3) is 0.227. The Hall–Kier alpha value is -3.39. The number of hydrogen-bond donors (Lipinski definition) is 1. The summed E-state index contributed by atoms with van der Waals surface area (Å²) in [5.41, 5.74) is 3.25. The maximum absolute atomic E-state index is 12.6. The molecule has 2 aromatic heterocycles. The van der Waals surface area contributed by atoms with Crippen molar-refractivity contribution in [2.45, 2.75) is 26.3 Å². The molecule has 5 nitrogen and oxygen atoms in total. The molecule has 134 valence electrons. The molecule has 1 aliphatic rings. The molecule has 4 rings (SSSR count). The Morgan fingerprint density at radius 3 is 2.96 bits per heavy atom. The molecule has 1 N–H and O–H groups in total. The zero-order valence-corrected chi connectivity index (χ0v) is 15.1. The Bertz CT molecular complexity index is 1020. The van der Waals surface area contributed by atoms with Gasteiger partial charge in [-0.15, -0.1) is 0 Å². The number of hydrogen-bond acceptors (Lipinski definition) is 3. The first-order chi connectivity index (χ1) is 13.2. The molecular weight excluding hydrogens is 336 g/mol. The molecule has 0 saturated heterocycles. The smallest absolute Gasteiger partial charge is 0.256 e. The molecule has 0 bridgehead atoms. The molecule has 0 radical (unpaired) electrons. The van der Waals surface area contributed by atoms with E-state index in [1.54, 1.807) is 24.8 Å². The summed E-state index contributed by atoms with van der Waals surface area (Å²) in [5, 5.41) is 2.86. The van der Waals surface area contributed by atoms with Gasteiger partial charge in [0.2, 0.25) is 0 Å². The quantitative estimate of drug-likeness (QED) is 0.726. The topological polar surface area (TPSA) is 59.8 Å². The van der Waals surface area contributed by atoms with Crippen molar-refractivity contribution in [2.24, 2.45) is 5.92 Å². The third-order valence-corrected chi connectivity index (χ3v) is 4.54. The van der Waals surface area contributed by atoms with Crippen LogP contribution >= 0.6 is 0 Å². The van der Waals surface area contributed by atoms with Crippen LogP contribution in [0.4, 0.5) is 5.82 Å². The molecule has 0 atom stereocenters. The van der Waals surface area contributed by atoms with E-state index < -0.39 is 0 Å². The van der Waals surface area contributed by atoms with E-state index in [1.807, 2.05) is 42.0 Å². The van der Waals surface area contributed by atoms with E-state index in [1.165, 1.54) is 12.8 Å². The second kappa shape index (κ2) is 7.46. The lowest BCUT2D eigenvalue weighted by Crippen LogP contribution is -2.12. The third kappa shape index (κ3) is 4.42. The van der Waals surface area contributed by atoms with E-state index in [2.05, 4.69) is 27.1 Å². The zero-order valence-electron chi connectivity index (χ0n) is 15.1. The number of carbonyl (C=O) groups excluding carboxylic acids is 1. The van der Waals surface area contributed by atoms with Gasteiger partial charge in [0, 0.05) is 41.8 Å². The van der Waals surface area contributed by atoms with Gasteiger partial charge >= 0.3 is 0 Å². The predicted octanol–water partition coefficient (Wildman–Crippen LogP) is 3.65. The standard InChI is InChI=1S/C22H20N4O/c1-16-4-8-20(11-19(16)9-7-17-3-2-10-23-12-17)22(27)25-21-14-26(15-24-21)13-18-5-6-18/h2-4,8,10-12,14-15,18H,5-6,13H2,1H3,(H,25,27). The van der Waals surface area contributed by atoms with Crippen molar-refractivity contribution < 1.29 is 4.79 Å². The molecule has 1 saturated carbocycles. The Kier molecular flexibility index (Phi) is 4.71.